The molecule has 23 heavy (non-hydrogen) atoms. The van der Waals surface area contributed by atoms with Crippen molar-refractivity contribution < 1.29 is 8.78 Å². The Morgan fingerprint density at radius 1 is 0.696 bits per heavy atom. The maximum atomic E-state index is 14.5. The summed E-state index contributed by atoms with van der Waals surface area (Å²) in [6.45, 7) is 0. The lowest BCUT2D eigenvalue weighted by molar-refractivity contribution is 0.588. The van der Waals surface area contributed by atoms with Gasteiger partial charge in [0.2, 0.25) is 0 Å². The average molecular weight is 305 g/mol. The Morgan fingerprint density at radius 3 is 1.87 bits per heavy atom. The lowest BCUT2D eigenvalue weighted by Gasteiger charge is -2.29. The van der Waals surface area contributed by atoms with Gasteiger partial charge in [0.15, 0.2) is 0 Å². The zero-order chi connectivity index (χ0) is 16.3. The molecular formula is C20H13F2N. The first kappa shape index (κ1) is 14.9. The minimum Gasteiger partial charge on any atom is -0.207 e. The first-order valence-electron chi connectivity index (χ1n) is 7.16. The monoisotopic (exact) mass is 305 g/mol. The van der Waals surface area contributed by atoms with Gasteiger partial charge in [-0.15, -0.1) is 0 Å². The largest absolute Gasteiger partial charge is 0.207 e. The molecule has 0 amide bonds. The van der Waals surface area contributed by atoms with E-state index in [0.717, 1.165) is 0 Å². The van der Waals surface area contributed by atoms with Crippen molar-refractivity contribution in [3.63, 3.8) is 0 Å². The topological polar surface area (TPSA) is 23.8 Å². The Bertz CT molecular complexity index is 851. The van der Waals surface area contributed by atoms with Gasteiger partial charge in [0.1, 0.15) is 17.0 Å². The molecule has 1 nitrogen and oxygen atoms in total. The van der Waals surface area contributed by atoms with Gasteiger partial charge in [-0.2, -0.15) is 5.26 Å². The summed E-state index contributed by atoms with van der Waals surface area (Å²) in [4.78, 5) is 0. The van der Waals surface area contributed by atoms with Crippen LogP contribution < -0.4 is 0 Å². The number of benzene rings is 3. The van der Waals surface area contributed by atoms with Gasteiger partial charge in [-0.1, -0.05) is 60.7 Å². The summed E-state index contributed by atoms with van der Waals surface area (Å²) in [5.41, 5.74) is 0.0811. The summed E-state index contributed by atoms with van der Waals surface area (Å²) in [5.74, 6) is -0.871. The minimum atomic E-state index is -1.33. The summed E-state index contributed by atoms with van der Waals surface area (Å²) in [6, 6.07) is 23.1. The van der Waals surface area contributed by atoms with Crippen molar-refractivity contribution in [3.8, 4) is 6.07 Å². The van der Waals surface area contributed by atoms with Crippen LogP contribution in [-0.2, 0) is 5.41 Å². The number of nitrogens with zero attached hydrogens (tertiary/aromatic N) is 1. The number of hydrogen-bond acceptors (Lipinski definition) is 1. The standard InChI is InChI=1S/C20H13F2N/c21-17-12-10-16(11-13-17)20(14-23,15-6-2-1-3-7-15)18-8-4-5-9-19(18)22/h1-13H. The maximum absolute atomic E-state index is 14.5. The Balaban J connectivity index is 2.36. The molecule has 0 saturated heterocycles. The molecule has 3 aromatic rings. The molecule has 0 fully saturated rings. The van der Waals surface area contributed by atoms with Crippen LogP contribution >= 0.6 is 0 Å². The molecule has 0 aromatic heterocycles. The summed E-state index contributed by atoms with van der Waals surface area (Å²) < 4.78 is 27.8. The molecule has 3 rings (SSSR count). The van der Waals surface area contributed by atoms with Crippen molar-refractivity contribution in [3.05, 3.63) is 107 Å². The second-order valence-electron chi connectivity index (χ2n) is 5.21. The highest BCUT2D eigenvalue weighted by Crippen LogP contribution is 2.39. The molecule has 0 heterocycles. The third-order valence-corrected chi connectivity index (χ3v) is 3.93. The van der Waals surface area contributed by atoms with Crippen LogP contribution in [-0.4, -0.2) is 0 Å². The predicted octanol–water partition coefficient (Wildman–Crippen LogP) is 4.82. The SMILES string of the molecule is N#CC(c1ccccc1)(c1ccc(F)cc1)c1ccccc1F. The first-order valence-corrected chi connectivity index (χ1v) is 7.16. The van der Waals surface area contributed by atoms with Gasteiger partial charge in [-0.3, -0.25) is 0 Å². The van der Waals surface area contributed by atoms with Crippen LogP contribution in [0.4, 0.5) is 8.78 Å². The van der Waals surface area contributed by atoms with Crippen molar-refractivity contribution in [2.75, 3.05) is 0 Å². The highest BCUT2D eigenvalue weighted by molar-refractivity contribution is 5.56. The fraction of sp³-hybridized carbons (Fsp3) is 0.0500. The van der Waals surface area contributed by atoms with E-state index in [0.29, 0.717) is 11.1 Å². The molecule has 3 heteroatoms. The van der Waals surface area contributed by atoms with E-state index in [1.165, 1.54) is 30.3 Å². The van der Waals surface area contributed by atoms with Gasteiger partial charge in [0, 0.05) is 5.56 Å². The van der Waals surface area contributed by atoms with E-state index in [2.05, 4.69) is 6.07 Å². The second kappa shape index (κ2) is 6.02. The Morgan fingerprint density at radius 2 is 1.26 bits per heavy atom. The van der Waals surface area contributed by atoms with E-state index >= 15 is 0 Å². The van der Waals surface area contributed by atoms with Crippen LogP contribution in [0.5, 0.6) is 0 Å². The fourth-order valence-corrected chi connectivity index (χ4v) is 2.82. The van der Waals surface area contributed by atoms with E-state index in [1.54, 1.807) is 42.5 Å². The number of rotatable bonds is 3. The molecule has 0 radical (unpaired) electrons. The van der Waals surface area contributed by atoms with E-state index in [9.17, 15) is 14.0 Å². The molecule has 0 N–H and O–H groups in total. The Hall–Kier alpha value is -2.99. The smallest absolute Gasteiger partial charge is 0.135 e. The molecule has 1 atom stereocenters. The number of halogens is 2. The van der Waals surface area contributed by atoms with Crippen LogP contribution in [0.1, 0.15) is 16.7 Å². The molecule has 0 aliphatic rings. The summed E-state index contributed by atoms with van der Waals surface area (Å²) in [7, 11) is 0. The van der Waals surface area contributed by atoms with Crippen LogP contribution in [0.2, 0.25) is 0 Å². The van der Waals surface area contributed by atoms with E-state index in [-0.39, 0.29) is 5.56 Å². The van der Waals surface area contributed by atoms with E-state index in [1.807, 2.05) is 6.07 Å². The van der Waals surface area contributed by atoms with Crippen LogP contribution in [0.3, 0.4) is 0 Å². The molecular weight excluding hydrogens is 292 g/mol. The minimum absolute atomic E-state index is 0.250. The average Bonchev–Trinajstić information content (AvgIpc) is 2.60. The van der Waals surface area contributed by atoms with Gasteiger partial charge >= 0.3 is 0 Å². The summed E-state index contributed by atoms with van der Waals surface area (Å²) in [6.07, 6.45) is 0. The van der Waals surface area contributed by atoms with Crippen molar-refractivity contribution >= 4 is 0 Å². The summed E-state index contributed by atoms with van der Waals surface area (Å²) >= 11 is 0. The second-order valence-corrected chi connectivity index (χ2v) is 5.21. The molecule has 112 valence electrons. The van der Waals surface area contributed by atoms with Crippen LogP contribution in [0.15, 0.2) is 78.9 Å². The van der Waals surface area contributed by atoms with Crippen molar-refractivity contribution in [1.82, 2.24) is 0 Å². The van der Waals surface area contributed by atoms with Crippen LogP contribution in [0.25, 0.3) is 0 Å². The molecule has 0 saturated carbocycles. The molecule has 1 unspecified atom stereocenters. The molecule has 0 bridgehead atoms. The third kappa shape index (κ3) is 2.49. The van der Waals surface area contributed by atoms with E-state index < -0.39 is 17.0 Å². The van der Waals surface area contributed by atoms with Gasteiger partial charge in [-0.05, 0) is 29.3 Å². The van der Waals surface area contributed by atoms with E-state index in [4.69, 9.17) is 0 Å². The Kier molecular flexibility index (Phi) is 3.91. The highest BCUT2D eigenvalue weighted by atomic mass is 19.1. The normalized spacial score (nSPS) is 13.1. The predicted molar refractivity (Wildman–Crippen MR) is 84.7 cm³/mol. The molecule has 0 aliphatic heterocycles. The first-order chi connectivity index (χ1) is 11.2. The van der Waals surface area contributed by atoms with Gasteiger partial charge < -0.3 is 0 Å². The quantitative estimate of drug-likeness (QED) is 0.636. The maximum Gasteiger partial charge on any atom is 0.135 e. The van der Waals surface area contributed by atoms with Crippen molar-refractivity contribution in [2.45, 2.75) is 5.41 Å². The van der Waals surface area contributed by atoms with Crippen molar-refractivity contribution in [1.29, 1.82) is 5.26 Å². The highest BCUT2D eigenvalue weighted by Gasteiger charge is 2.38. The van der Waals surface area contributed by atoms with Crippen LogP contribution in [0, 0.1) is 23.0 Å². The summed E-state index contributed by atoms with van der Waals surface area (Å²) in [5, 5.41) is 10.0. The number of nitriles is 1. The fourth-order valence-electron chi connectivity index (χ4n) is 2.82. The molecule has 3 aromatic carbocycles. The zero-order valence-corrected chi connectivity index (χ0v) is 12.2. The molecule has 0 spiro atoms. The lowest BCUT2D eigenvalue weighted by atomic mass is 9.70. The van der Waals surface area contributed by atoms with Gasteiger partial charge in [0.25, 0.3) is 0 Å². The van der Waals surface area contributed by atoms with Gasteiger partial charge in [-0.25, -0.2) is 8.78 Å². The van der Waals surface area contributed by atoms with Gasteiger partial charge in [0.05, 0.1) is 6.07 Å². The number of hydrogen-bond donors (Lipinski definition) is 0. The Labute approximate surface area is 133 Å². The third-order valence-electron chi connectivity index (χ3n) is 3.93. The van der Waals surface area contributed by atoms with Crippen molar-refractivity contribution in [2.24, 2.45) is 0 Å². The zero-order valence-electron chi connectivity index (χ0n) is 12.2. The lowest BCUT2D eigenvalue weighted by Crippen LogP contribution is -2.28. The molecule has 0 aliphatic carbocycles.